The maximum Gasteiger partial charge on any atom is 0.326 e. The van der Waals surface area contributed by atoms with E-state index in [2.05, 4.69) is 0 Å². The Labute approximate surface area is 101 Å². The van der Waals surface area contributed by atoms with Crippen LogP contribution in [-0.4, -0.2) is 47.2 Å². The van der Waals surface area contributed by atoms with Gasteiger partial charge in [-0.1, -0.05) is 12.8 Å². The van der Waals surface area contributed by atoms with Crippen molar-refractivity contribution in [3.63, 3.8) is 0 Å². The van der Waals surface area contributed by atoms with Gasteiger partial charge in [0.25, 0.3) is 0 Å². The SMILES string of the molecule is O=C(O)C1CCCN1C(=O)COC1CCCC1. The number of nitrogens with zero attached hydrogens (tertiary/aromatic N) is 1. The van der Waals surface area contributed by atoms with Crippen LogP contribution >= 0.6 is 0 Å². The number of likely N-dealkylation sites (tertiary alicyclic amines) is 1. The maximum atomic E-state index is 11.9. The Hall–Kier alpha value is -1.10. The number of rotatable bonds is 4. The molecule has 1 saturated carbocycles. The number of carbonyl (C=O) groups excluding carboxylic acids is 1. The lowest BCUT2D eigenvalue weighted by molar-refractivity contribution is -0.150. The third-order valence-corrected chi connectivity index (χ3v) is 3.60. The first-order chi connectivity index (χ1) is 8.18. The first-order valence-corrected chi connectivity index (χ1v) is 6.32. The molecular weight excluding hydrogens is 222 g/mol. The Balaban J connectivity index is 1.80. The Morgan fingerprint density at radius 2 is 1.88 bits per heavy atom. The van der Waals surface area contributed by atoms with E-state index >= 15 is 0 Å². The van der Waals surface area contributed by atoms with Crippen molar-refractivity contribution in [2.24, 2.45) is 0 Å². The van der Waals surface area contributed by atoms with Crippen molar-refractivity contribution in [1.82, 2.24) is 4.90 Å². The van der Waals surface area contributed by atoms with Crippen molar-refractivity contribution >= 4 is 11.9 Å². The van der Waals surface area contributed by atoms with E-state index in [0.717, 1.165) is 19.3 Å². The fraction of sp³-hybridized carbons (Fsp3) is 0.833. The number of aliphatic carboxylic acids is 1. The molecule has 17 heavy (non-hydrogen) atoms. The predicted octanol–water partition coefficient (Wildman–Crippen LogP) is 1.02. The summed E-state index contributed by atoms with van der Waals surface area (Å²) in [6, 6.07) is -0.644. The normalized spacial score (nSPS) is 25.4. The molecule has 5 heteroatoms. The van der Waals surface area contributed by atoms with Crippen LogP contribution < -0.4 is 0 Å². The van der Waals surface area contributed by atoms with Gasteiger partial charge in [0.05, 0.1) is 6.10 Å². The highest BCUT2D eigenvalue weighted by Crippen LogP contribution is 2.22. The van der Waals surface area contributed by atoms with E-state index in [9.17, 15) is 9.59 Å². The monoisotopic (exact) mass is 241 g/mol. The summed E-state index contributed by atoms with van der Waals surface area (Å²) >= 11 is 0. The standard InChI is InChI=1S/C12H19NO4/c14-11(8-17-9-4-1-2-5-9)13-7-3-6-10(13)12(15)16/h9-10H,1-8H2,(H,15,16). The van der Waals surface area contributed by atoms with E-state index in [0.29, 0.717) is 13.0 Å². The van der Waals surface area contributed by atoms with Gasteiger partial charge in [-0.15, -0.1) is 0 Å². The third kappa shape index (κ3) is 2.97. The summed E-state index contributed by atoms with van der Waals surface area (Å²) < 4.78 is 5.52. The zero-order valence-corrected chi connectivity index (χ0v) is 9.93. The first-order valence-electron chi connectivity index (χ1n) is 6.32. The number of hydrogen-bond donors (Lipinski definition) is 1. The van der Waals surface area contributed by atoms with Crippen LogP contribution in [0.25, 0.3) is 0 Å². The van der Waals surface area contributed by atoms with Crippen LogP contribution in [0, 0.1) is 0 Å². The summed E-state index contributed by atoms with van der Waals surface area (Å²) in [6.45, 7) is 0.582. The molecule has 0 aromatic carbocycles. The second-order valence-electron chi connectivity index (χ2n) is 4.80. The van der Waals surface area contributed by atoms with Crippen molar-refractivity contribution in [3.05, 3.63) is 0 Å². The lowest BCUT2D eigenvalue weighted by atomic mass is 10.2. The van der Waals surface area contributed by atoms with Crippen LogP contribution in [0.2, 0.25) is 0 Å². The number of carbonyl (C=O) groups is 2. The summed E-state index contributed by atoms with van der Waals surface area (Å²) in [5, 5.41) is 8.98. The fourth-order valence-electron chi connectivity index (χ4n) is 2.65. The molecule has 0 bridgehead atoms. The summed E-state index contributed by atoms with van der Waals surface area (Å²) in [7, 11) is 0. The van der Waals surface area contributed by atoms with E-state index in [-0.39, 0.29) is 18.6 Å². The fourth-order valence-corrected chi connectivity index (χ4v) is 2.65. The van der Waals surface area contributed by atoms with Crippen LogP contribution in [0.5, 0.6) is 0 Å². The zero-order valence-electron chi connectivity index (χ0n) is 9.93. The van der Waals surface area contributed by atoms with Crippen molar-refractivity contribution in [3.8, 4) is 0 Å². The van der Waals surface area contributed by atoms with Crippen LogP contribution in [-0.2, 0) is 14.3 Å². The second kappa shape index (κ2) is 5.49. The number of hydrogen-bond acceptors (Lipinski definition) is 3. The van der Waals surface area contributed by atoms with Crippen molar-refractivity contribution in [2.75, 3.05) is 13.2 Å². The first kappa shape index (κ1) is 12.4. The molecule has 0 radical (unpaired) electrons. The van der Waals surface area contributed by atoms with Gasteiger partial charge >= 0.3 is 5.97 Å². The van der Waals surface area contributed by atoms with Gasteiger partial charge in [0.15, 0.2) is 0 Å². The minimum Gasteiger partial charge on any atom is -0.480 e. The number of ether oxygens (including phenoxy) is 1. The minimum absolute atomic E-state index is 0.0362. The molecule has 2 fully saturated rings. The molecule has 1 N–H and O–H groups in total. The largest absolute Gasteiger partial charge is 0.480 e. The average molecular weight is 241 g/mol. The molecule has 1 saturated heterocycles. The Morgan fingerprint density at radius 3 is 2.53 bits per heavy atom. The van der Waals surface area contributed by atoms with Crippen molar-refractivity contribution < 1.29 is 19.4 Å². The smallest absolute Gasteiger partial charge is 0.326 e. The number of carboxylic acid groups (broad SMARTS) is 1. The lowest BCUT2D eigenvalue weighted by Gasteiger charge is -2.22. The van der Waals surface area contributed by atoms with E-state index < -0.39 is 12.0 Å². The Bertz CT molecular complexity index is 299. The molecule has 0 aromatic rings. The topological polar surface area (TPSA) is 66.8 Å². The molecule has 2 rings (SSSR count). The summed E-state index contributed by atoms with van der Waals surface area (Å²) in [5.41, 5.74) is 0. The molecule has 2 aliphatic rings. The van der Waals surface area contributed by atoms with Gasteiger partial charge in [-0.25, -0.2) is 4.79 Å². The van der Waals surface area contributed by atoms with Gasteiger partial charge in [-0.2, -0.15) is 0 Å². The Kier molecular flexibility index (Phi) is 3.99. The van der Waals surface area contributed by atoms with Crippen LogP contribution in [0.15, 0.2) is 0 Å². The molecular formula is C12H19NO4. The molecule has 1 aliphatic heterocycles. The van der Waals surface area contributed by atoms with Crippen LogP contribution in [0.4, 0.5) is 0 Å². The third-order valence-electron chi connectivity index (χ3n) is 3.60. The maximum absolute atomic E-state index is 11.9. The van der Waals surface area contributed by atoms with Crippen molar-refractivity contribution in [2.45, 2.75) is 50.7 Å². The molecule has 0 spiro atoms. The van der Waals surface area contributed by atoms with Gasteiger partial charge in [0.2, 0.25) is 5.91 Å². The van der Waals surface area contributed by atoms with Gasteiger partial charge in [0.1, 0.15) is 12.6 Å². The van der Waals surface area contributed by atoms with Crippen LogP contribution in [0.1, 0.15) is 38.5 Å². The highest BCUT2D eigenvalue weighted by Gasteiger charge is 2.34. The summed E-state index contributed by atoms with van der Waals surface area (Å²) in [4.78, 5) is 24.2. The van der Waals surface area contributed by atoms with Gasteiger partial charge < -0.3 is 14.7 Å². The van der Waals surface area contributed by atoms with Gasteiger partial charge in [0, 0.05) is 6.54 Å². The molecule has 1 atom stereocenters. The van der Waals surface area contributed by atoms with Crippen LogP contribution in [0.3, 0.4) is 0 Å². The molecule has 1 unspecified atom stereocenters. The molecule has 1 aliphatic carbocycles. The van der Waals surface area contributed by atoms with E-state index in [4.69, 9.17) is 9.84 Å². The lowest BCUT2D eigenvalue weighted by Crippen LogP contribution is -2.42. The second-order valence-corrected chi connectivity index (χ2v) is 4.80. The minimum atomic E-state index is -0.906. The molecule has 5 nitrogen and oxygen atoms in total. The van der Waals surface area contributed by atoms with E-state index in [1.807, 2.05) is 0 Å². The average Bonchev–Trinajstić information content (AvgIpc) is 2.96. The summed E-state index contributed by atoms with van der Waals surface area (Å²) in [5.74, 6) is -1.08. The quantitative estimate of drug-likeness (QED) is 0.798. The highest BCUT2D eigenvalue weighted by molar-refractivity contribution is 5.84. The molecule has 1 heterocycles. The molecule has 0 aromatic heterocycles. The van der Waals surface area contributed by atoms with Crippen molar-refractivity contribution in [1.29, 1.82) is 0 Å². The Morgan fingerprint density at radius 1 is 1.18 bits per heavy atom. The van der Waals surface area contributed by atoms with Gasteiger partial charge in [-0.3, -0.25) is 4.79 Å². The van der Waals surface area contributed by atoms with E-state index in [1.165, 1.54) is 17.7 Å². The molecule has 1 amide bonds. The zero-order chi connectivity index (χ0) is 12.3. The number of carboxylic acids is 1. The van der Waals surface area contributed by atoms with E-state index in [1.54, 1.807) is 0 Å². The summed E-state index contributed by atoms with van der Waals surface area (Å²) in [6.07, 6.45) is 5.91. The number of amides is 1. The molecule has 96 valence electrons. The van der Waals surface area contributed by atoms with Gasteiger partial charge in [-0.05, 0) is 25.7 Å². The highest BCUT2D eigenvalue weighted by atomic mass is 16.5. The predicted molar refractivity (Wildman–Crippen MR) is 60.6 cm³/mol.